The molecule has 0 aromatic heterocycles. The molecule has 0 bridgehead atoms. The van der Waals surface area contributed by atoms with Gasteiger partial charge in [-0.2, -0.15) is 0 Å². The second-order valence-corrected chi connectivity index (χ2v) is 6.68. The van der Waals surface area contributed by atoms with Crippen LogP contribution < -0.4 is 9.47 Å². The molecule has 0 aliphatic carbocycles. The van der Waals surface area contributed by atoms with E-state index in [1.165, 1.54) is 0 Å². The summed E-state index contributed by atoms with van der Waals surface area (Å²) >= 11 is 12.7. The molecule has 0 N–H and O–H groups in total. The molecule has 19 heavy (non-hydrogen) atoms. The lowest BCUT2D eigenvalue weighted by Gasteiger charge is -2.21. The standard InChI is InChI=1S/C15H22Cl2O2/c1-15(2,3)9-8-11(16)10-6-7-12(18-4)13(17)14(10)19-5/h6-7,11H,8-9H2,1-5H3. The molecule has 108 valence electrons. The highest BCUT2D eigenvalue weighted by Gasteiger charge is 2.21. The van der Waals surface area contributed by atoms with Crippen molar-refractivity contribution < 1.29 is 9.47 Å². The molecular weight excluding hydrogens is 283 g/mol. The minimum atomic E-state index is -0.113. The molecule has 0 fully saturated rings. The van der Waals surface area contributed by atoms with Gasteiger partial charge in [-0.1, -0.05) is 38.4 Å². The van der Waals surface area contributed by atoms with E-state index in [1.807, 2.05) is 12.1 Å². The number of halogens is 2. The second kappa shape index (κ2) is 6.71. The van der Waals surface area contributed by atoms with Crippen molar-refractivity contribution in [2.24, 2.45) is 5.41 Å². The Morgan fingerprint density at radius 3 is 2.26 bits per heavy atom. The number of methoxy groups -OCH3 is 2. The van der Waals surface area contributed by atoms with Crippen molar-refractivity contribution in [3.05, 3.63) is 22.7 Å². The first kappa shape index (κ1) is 16.5. The highest BCUT2D eigenvalue weighted by atomic mass is 35.5. The molecule has 0 saturated carbocycles. The van der Waals surface area contributed by atoms with Crippen molar-refractivity contribution in [1.82, 2.24) is 0 Å². The van der Waals surface area contributed by atoms with E-state index in [2.05, 4.69) is 20.8 Å². The first-order valence-corrected chi connectivity index (χ1v) is 7.16. The van der Waals surface area contributed by atoms with E-state index < -0.39 is 0 Å². The summed E-state index contributed by atoms with van der Waals surface area (Å²) in [7, 11) is 3.18. The van der Waals surface area contributed by atoms with Crippen LogP contribution in [0.2, 0.25) is 5.02 Å². The average molecular weight is 305 g/mol. The molecule has 0 aliphatic heterocycles. The molecule has 1 rings (SSSR count). The fraction of sp³-hybridized carbons (Fsp3) is 0.600. The quantitative estimate of drug-likeness (QED) is 0.672. The third kappa shape index (κ3) is 4.47. The molecule has 0 aliphatic rings. The number of alkyl halides is 1. The predicted octanol–water partition coefficient (Wildman–Crippen LogP) is 5.46. The molecule has 1 atom stereocenters. The summed E-state index contributed by atoms with van der Waals surface area (Å²) in [5.41, 5.74) is 1.18. The number of benzene rings is 1. The highest BCUT2D eigenvalue weighted by molar-refractivity contribution is 6.34. The fourth-order valence-electron chi connectivity index (χ4n) is 1.88. The van der Waals surface area contributed by atoms with Crippen LogP contribution in [0.5, 0.6) is 11.5 Å². The number of hydrogen-bond donors (Lipinski definition) is 0. The van der Waals surface area contributed by atoms with Crippen molar-refractivity contribution in [2.45, 2.75) is 39.0 Å². The maximum Gasteiger partial charge on any atom is 0.145 e. The van der Waals surface area contributed by atoms with E-state index in [9.17, 15) is 0 Å². The van der Waals surface area contributed by atoms with Crippen LogP contribution in [0.1, 0.15) is 44.6 Å². The Labute approximate surface area is 126 Å². The van der Waals surface area contributed by atoms with Gasteiger partial charge in [0.1, 0.15) is 16.5 Å². The Kier molecular flexibility index (Phi) is 5.82. The van der Waals surface area contributed by atoms with Crippen LogP contribution in [0.25, 0.3) is 0 Å². The summed E-state index contributed by atoms with van der Waals surface area (Å²) in [5, 5.41) is 0.362. The third-order valence-electron chi connectivity index (χ3n) is 3.00. The summed E-state index contributed by atoms with van der Waals surface area (Å²) in [6, 6.07) is 3.75. The van der Waals surface area contributed by atoms with Crippen LogP contribution in [0.4, 0.5) is 0 Å². The molecule has 0 spiro atoms. The van der Waals surface area contributed by atoms with E-state index in [-0.39, 0.29) is 10.8 Å². The fourth-order valence-corrected chi connectivity index (χ4v) is 2.49. The van der Waals surface area contributed by atoms with Crippen molar-refractivity contribution in [3.63, 3.8) is 0 Å². The van der Waals surface area contributed by atoms with Gasteiger partial charge in [0.05, 0.1) is 19.6 Å². The summed E-state index contributed by atoms with van der Waals surface area (Å²) in [6.07, 6.45) is 1.91. The van der Waals surface area contributed by atoms with Crippen molar-refractivity contribution in [3.8, 4) is 11.5 Å². The van der Waals surface area contributed by atoms with E-state index in [0.29, 0.717) is 16.5 Å². The van der Waals surface area contributed by atoms with Gasteiger partial charge in [-0.25, -0.2) is 0 Å². The summed E-state index contributed by atoms with van der Waals surface area (Å²) < 4.78 is 10.6. The summed E-state index contributed by atoms with van der Waals surface area (Å²) in [5.74, 6) is 1.21. The Bertz CT molecular complexity index is 425. The zero-order valence-electron chi connectivity index (χ0n) is 12.2. The Hall–Kier alpha value is -0.600. The van der Waals surface area contributed by atoms with Gasteiger partial charge in [-0.05, 0) is 24.3 Å². The van der Waals surface area contributed by atoms with Gasteiger partial charge in [-0.15, -0.1) is 11.6 Å². The van der Waals surface area contributed by atoms with Crippen LogP contribution in [-0.4, -0.2) is 14.2 Å². The first-order chi connectivity index (χ1) is 8.80. The predicted molar refractivity (Wildman–Crippen MR) is 81.8 cm³/mol. The maximum absolute atomic E-state index is 6.48. The topological polar surface area (TPSA) is 18.5 Å². The number of rotatable bonds is 5. The monoisotopic (exact) mass is 304 g/mol. The Morgan fingerprint density at radius 2 is 1.79 bits per heavy atom. The highest BCUT2D eigenvalue weighted by Crippen LogP contribution is 2.43. The molecule has 1 unspecified atom stereocenters. The van der Waals surface area contributed by atoms with Crippen LogP contribution in [0.3, 0.4) is 0 Å². The van der Waals surface area contributed by atoms with E-state index >= 15 is 0 Å². The van der Waals surface area contributed by atoms with Gasteiger partial charge in [0.25, 0.3) is 0 Å². The van der Waals surface area contributed by atoms with Crippen molar-refractivity contribution in [1.29, 1.82) is 0 Å². The molecule has 2 nitrogen and oxygen atoms in total. The second-order valence-electron chi connectivity index (χ2n) is 5.77. The van der Waals surface area contributed by atoms with Gasteiger partial charge in [-0.3, -0.25) is 0 Å². The molecule has 0 heterocycles. The molecule has 0 saturated heterocycles. The van der Waals surface area contributed by atoms with Gasteiger partial charge >= 0.3 is 0 Å². The third-order valence-corrected chi connectivity index (χ3v) is 3.81. The van der Waals surface area contributed by atoms with E-state index in [0.717, 1.165) is 18.4 Å². The maximum atomic E-state index is 6.48. The lowest BCUT2D eigenvalue weighted by Crippen LogP contribution is -2.07. The first-order valence-electron chi connectivity index (χ1n) is 6.34. The lowest BCUT2D eigenvalue weighted by atomic mass is 9.88. The molecule has 4 heteroatoms. The van der Waals surface area contributed by atoms with Crippen LogP contribution in [0, 0.1) is 5.41 Å². The number of ether oxygens (including phenoxy) is 2. The summed E-state index contributed by atoms with van der Waals surface area (Å²) in [6.45, 7) is 6.61. The Balaban J connectivity index is 2.97. The molecule has 0 amide bonds. The van der Waals surface area contributed by atoms with Crippen molar-refractivity contribution >= 4 is 23.2 Å². The van der Waals surface area contributed by atoms with Gasteiger partial charge in [0.15, 0.2) is 0 Å². The zero-order chi connectivity index (χ0) is 14.6. The smallest absolute Gasteiger partial charge is 0.145 e. The normalized spacial score (nSPS) is 13.2. The van der Waals surface area contributed by atoms with Crippen LogP contribution in [-0.2, 0) is 0 Å². The van der Waals surface area contributed by atoms with Crippen LogP contribution >= 0.6 is 23.2 Å². The Morgan fingerprint density at radius 1 is 1.16 bits per heavy atom. The molecule has 0 radical (unpaired) electrons. The average Bonchev–Trinajstić information content (AvgIpc) is 2.34. The van der Waals surface area contributed by atoms with Crippen molar-refractivity contribution in [2.75, 3.05) is 14.2 Å². The summed E-state index contributed by atoms with van der Waals surface area (Å²) in [4.78, 5) is 0. The van der Waals surface area contributed by atoms with Gasteiger partial charge in [0.2, 0.25) is 0 Å². The minimum absolute atomic E-state index is 0.113. The minimum Gasteiger partial charge on any atom is -0.495 e. The van der Waals surface area contributed by atoms with Gasteiger partial charge in [0, 0.05) is 5.56 Å². The van der Waals surface area contributed by atoms with E-state index in [1.54, 1.807) is 14.2 Å². The van der Waals surface area contributed by atoms with Crippen LogP contribution in [0.15, 0.2) is 12.1 Å². The molecular formula is C15H22Cl2O2. The molecule has 1 aromatic rings. The lowest BCUT2D eigenvalue weighted by molar-refractivity contribution is 0.358. The van der Waals surface area contributed by atoms with Gasteiger partial charge < -0.3 is 9.47 Å². The van der Waals surface area contributed by atoms with E-state index in [4.69, 9.17) is 32.7 Å². The SMILES string of the molecule is COc1ccc(C(Cl)CCC(C)(C)C)c(OC)c1Cl. The number of hydrogen-bond acceptors (Lipinski definition) is 2. The zero-order valence-corrected chi connectivity index (χ0v) is 13.7. The molecule has 1 aromatic carbocycles. The largest absolute Gasteiger partial charge is 0.495 e.